The second-order valence-electron chi connectivity index (χ2n) is 6.39. The Morgan fingerprint density at radius 3 is 2.63 bits per heavy atom. The topological polar surface area (TPSA) is 47.6 Å². The number of hydrogen-bond donors (Lipinski definition) is 2. The summed E-state index contributed by atoms with van der Waals surface area (Å²) >= 11 is 0. The molecule has 5 heteroatoms. The van der Waals surface area contributed by atoms with E-state index in [1.807, 2.05) is 0 Å². The number of likely N-dealkylation sites (tertiary alicyclic amines) is 1. The van der Waals surface area contributed by atoms with Crippen LogP contribution >= 0.6 is 0 Å². The van der Waals surface area contributed by atoms with Crippen LogP contribution < -0.4 is 10.6 Å². The highest BCUT2D eigenvalue weighted by molar-refractivity contribution is 5.82. The van der Waals surface area contributed by atoms with Crippen LogP contribution in [0.4, 0.5) is 0 Å². The molecule has 3 aliphatic heterocycles. The highest BCUT2D eigenvalue weighted by Crippen LogP contribution is 2.28. The molecule has 0 spiro atoms. The summed E-state index contributed by atoms with van der Waals surface area (Å²) in [5.74, 6) is 0.292. The number of carbonyl (C=O) groups is 1. The Kier molecular flexibility index (Phi) is 3.78. The van der Waals surface area contributed by atoms with E-state index in [0.29, 0.717) is 24.0 Å². The van der Waals surface area contributed by atoms with Gasteiger partial charge in [-0.1, -0.05) is 0 Å². The molecule has 3 fully saturated rings. The Morgan fingerprint density at radius 1 is 1.11 bits per heavy atom. The quantitative estimate of drug-likeness (QED) is 0.680. The van der Waals surface area contributed by atoms with E-state index in [1.165, 1.54) is 12.8 Å². The first-order chi connectivity index (χ1) is 9.15. The van der Waals surface area contributed by atoms with E-state index in [1.54, 1.807) is 0 Å². The number of carbonyl (C=O) groups excluding carboxylic acids is 1. The SMILES string of the molecule is CC1CNC(C(=O)N2CCC3CCC(C2)N3C)CN1. The molecule has 5 nitrogen and oxygen atoms in total. The van der Waals surface area contributed by atoms with E-state index in [4.69, 9.17) is 0 Å². The molecule has 108 valence electrons. The van der Waals surface area contributed by atoms with Gasteiger partial charge < -0.3 is 15.5 Å². The lowest BCUT2D eigenvalue weighted by Gasteiger charge is -2.33. The van der Waals surface area contributed by atoms with Gasteiger partial charge in [-0.2, -0.15) is 0 Å². The number of likely N-dealkylation sites (N-methyl/N-ethyl adjacent to an activating group) is 1. The maximum absolute atomic E-state index is 12.6. The van der Waals surface area contributed by atoms with Gasteiger partial charge in [-0.15, -0.1) is 0 Å². The lowest BCUT2D eigenvalue weighted by molar-refractivity contribution is -0.134. The third-order valence-electron chi connectivity index (χ3n) is 5.10. The first-order valence-electron chi connectivity index (χ1n) is 7.62. The molecule has 3 saturated heterocycles. The number of nitrogens with zero attached hydrogens (tertiary/aromatic N) is 2. The van der Waals surface area contributed by atoms with Crippen molar-refractivity contribution in [2.75, 3.05) is 33.2 Å². The fourth-order valence-electron chi connectivity index (χ4n) is 3.69. The molecule has 0 saturated carbocycles. The molecular weight excluding hydrogens is 240 g/mol. The van der Waals surface area contributed by atoms with Gasteiger partial charge in [0.15, 0.2) is 0 Å². The van der Waals surface area contributed by atoms with Gasteiger partial charge in [0.1, 0.15) is 0 Å². The van der Waals surface area contributed by atoms with Crippen LogP contribution in [0.5, 0.6) is 0 Å². The zero-order chi connectivity index (χ0) is 13.4. The van der Waals surface area contributed by atoms with Gasteiger partial charge in [-0.25, -0.2) is 0 Å². The molecule has 3 rings (SSSR count). The maximum atomic E-state index is 12.6. The monoisotopic (exact) mass is 266 g/mol. The smallest absolute Gasteiger partial charge is 0.241 e. The van der Waals surface area contributed by atoms with Crippen molar-refractivity contribution in [3.05, 3.63) is 0 Å². The van der Waals surface area contributed by atoms with Crippen molar-refractivity contribution in [3.63, 3.8) is 0 Å². The van der Waals surface area contributed by atoms with Crippen molar-refractivity contribution >= 4 is 5.91 Å². The molecule has 4 unspecified atom stereocenters. The molecule has 0 aromatic carbocycles. The molecule has 2 bridgehead atoms. The van der Waals surface area contributed by atoms with Crippen molar-refractivity contribution in [2.24, 2.45) is 0 Å². The maximum Gasteiger partial charge on any atom is 0.241 e. The summed E-state index contributed by atoms with van der Waals surface area (Å²) in [5.41, 5.74) is 0. The lowest BCUT2D eigenvalue weighted by atomic mass is 10.1. The third-order valence-corrected chi connectivity index (χ3v) is 5.10. The normalized spacial score (nSPS) is 40.2. The van der Waals surface area contributed by atoms with Crippen molar-refractivity contribution in [2.45, 2.75) is 50.4 Å². The van der Waals surface area contributed by atoms with Gasteiger partial charge >= 0.3 is 0 Å². The fraction of sp³-hybridized carbons (Fsp3) is 0.929. The van der Waals surface area contributed by atoms with E-state index in [-0.39, 0.29) is 6.04 Å². The highest BCUT2D eigenvalue weighted by atomic mass is 16.2. The standard InChI is InChI=1S/C14H26N4O/c1-10-7-16-13(8-15-10)14(19)18-6-5-11-3-4-12(9-18)17(11)2/h10-13,15-16H,3-9H2,1-2H3. The van der Waals surface area contributed by atoms with E-state index < -0.39 is 0 Å². The average molecular weight is 266 g/mol. The number of fused-ring (bicyclic) bond motifs is 2. The van der Waals surface area contributed by atoms with Gasteiger partial charge in [0.25, 0.3) is 0 Å². The van der Waals surface area contributed by atoms with Gasteiger partial charge in [-0.3, -0.25) is 9.69 Å². The molecular formula is C14H26N4O. The van der Waals surface area contributed by atoms with Gasteiger partial charge in [0, 0.05) is 44.3 Å². The zero-order valence-electron chi connectivity index (χ0n) is 12.1. The molecule has 0 aliphatic carbocycles. The molecule has 4 atom stereocenters. The van der Waals surface area contributed by atoms with Crippen molar-refractivity contribution in [1.29, 1.82) is 0 Å². The Morgan fingerprint density at radius 2 is 1.89 bits per heavy atom. The molecule has 0 aromatic rings. The molecule has 0 aromatic heterocycles. The predicted molar refractivity (Wildman–Crippen MR) is 75.0 cm³/mol. The number of hydrogen-bond acceptors (Lipinski definition) is 4. The van der Waals surface area contributed by atoms with Crippen LogP contribution in [0.1, 0.15) is 26.2 Å². The second kappa shape index (κ2) is 5.38. The van der Waals surface area contributed by atoms with E-state index in [0.717, 1.165) is 32.6 Å². The van der Waals surface area contributed by atoms with Crippen LogP contribution in [-0.4, -0.2) is 73.1 Å². The summed E-state index contributed by atoms with van der Waals surface area (Å²) < 4.78 is 0. The summed E-state index contributed by atoms with van der Waals surface area (Å²) in [6.07, 6.45) is 3.69. The van der Waals surface area contributed by atoms with Crippen LogP contribution in [0, 0.1) is 0 Å². The lowest BCUT2D eigenvalue weighted by Crippen LogP contribution is -2.60. The molecule has 0 radical (unpaired) electrons. The molecule has 3 heterocycles. The number of rotatable bonds is 1. The van der Waals surface area contributed by atoms with Crippen LogP contribution in [0.25, 0.3) is 0 Å². The van der Waals surface area contributed by atoms with Crippen molar-refractivity contribution in [1.82, 2.24) is 20.4 Å². The van der Waals surface area contributed by atoms with Crippen LogP contribution in [0.15, 0.2) is 0 Å². The fourth-order valence-corrected chi connectivity index (χ4v) is 3.69. The Bertz CT molecular complexity index is 340. The molecule has 19 heavy (non-hydrogen) atoms. The number of nitrogens with one attached hydrogen (secondary N) is 2. The van der Waals surface area contributed by atoms with Gasteiger partial charge in [-0.05, 0) is 33.2 Å². The van der Waals surface area contributed by atoms with Gasteiger partial charge in [0.05, 0.1) is 6.04 Å². The largest absolute Gasteiger partial charge is 0.340 e. The molecule has 1 amide bonds. The summed E-state index contributed by atoms with van der Waals surface area (Å²) in [6.45, 7) is 5.64. The van der Waals surface area contributed by atoms with Crippen LogP contribution in [0.3, 0.4) is 0 Å². The Balaban J connectivity index is 1.61. The van der Waals surface area contributed by atoms with Crippen molar-refractivity contribution < 1.29 is 4.79 Å². The van der Waals surface area contributed by atoms with Gasteiger partial charge in [0.2, 0.25) is 5.91 Å². The first-order valence-corrected chi connectivity index (χ1v) is 7.62. The number of piperazine rings is 1. The predicted octanol–water partition coefficient (Wildman–Crippen LogP) is -0.369. The second-order valence-corrected chi connectivity index (χ2v) is 6.39. The first kappa shape index (κ1) is 13.3. The minimum Gasteiger partial charge on any atom is -0.340 e. The summed E-state index contributed by atoms with van der Waals surface area (Å²) in [7, 11) is 2.22. The molecule has 3 aliphatic rings. The van der Waals surface area contributed by atoms with Crippen LogP contribution in [0.2, 0.25) is 0 Å². The minimum atomic E-state index is -0.0295. The van der Waals surface area contributed by atoms with E-state index in [9.17, 15) is 4.79 Å². The Hall–Kier alpha value is -0.650. The van der Waals surface area contributed by atoms with Crippen LogP contribution in [-0.2, 0) is 4.79 Å². The summed E-state index contributed by atoms with van der Waals surface area (Å²) in [5, 5.41) is 6.76. The average Bonchev–Trinajstić information content (AvgIpc) is 2.63. The zero-order valence-corrected chi connectivity index (χ0v) is 12.1. The summed E-state index contributed by atoms with van der Waals surface area (Å²) in [4.78, 5) is 17.2. The minimum absolute atomic E-state index is 0.0295. The third kappa shape index (κ3) is 2.64. The highest BCUT2D eigenvalue weighted by Gasteiger charge is 2.37. The Labute approximate surface area is 115 Å². The summed E-state index contributed by atoms with van der Waals surface area (Å²) in [6, 6.07) is 1.71. The van der Waals surface area contributed by atoms with Crippen molar-refractivity contribution in [3.8, 4) is 0 Å². The molecule has 2 N–H and O–H groups in total. The number of amides is 1. The van der Waals surface area contributed by atoms with E-state index in [2.05, 4.69) is 34.4 Å². The van der Waals surface area contributed by atoms with E-state index >= 15 is 0 Å².